The Hall–Kier alpha value is 1.12. The first-order valence-electron chi connectivity index (χ1n) is 3.91. The molecule has 0 spiro atoms. The van der Waals surface area contributed by atoms with Crippen LogP contribution in [0.4, 0.5) is 0 Å². The maximum Gasteiger partial charge on any atom is 0.339 e. The smallest absolute Gasteiger partial charge is 0.339 e. The van der Waals surface area contributed by atoms with Crippen LogP contribution in [0.25, 0.3) is 0 Å². The van der Waals surface area contributed by atoms with Crippen molar-refractivity contribution in [3.8, 4) is 0 Å². The van der Waals surface area contributed by atoms with Gasteiger partial charge in [-0.15, -0.1) is 0 Å². The van der Waals surface area contributed by atoms with Gasteiger partial charge in [0, 0.05) is 0 Å². The van der Waals surface area contributed by atoms with Crippen molar-refractivity contribution in [3.63, 3.8) is 0 Å². The van der Waals surface area contributed by atoms with Gasteiger partial charge in [-0.05, 0) is 0 Å². The molecule has 0 fully saturated rings. The highest BCUT2D eigenvalue weighted by Gasteiger charge is 2.22. The molecule has 0 heterocycles. The standard InChI is InChI=1S/C6H19NSi2.Mg.H2N/c1-8(2,3)7-9(4,5)6;;/h7H,1-6H3;;1H2/q;+1;-1. The molecule has 0 aromatic rings. The van der Waals surface area contributed by atoms with E-state index in [9.17, 15) is 0 Å². The quantitative estimate of drug-likeness (QED) is 0.661. The summed E-state index contributed by atoms with van der Waals surface area (Å²) in [6.45, 7) is 14.1. The zero-order valence-corrected chi connectivity index (χ0v) is 12.2. The first-order valence-corrected chi connectivity index (χ1v) is 11.7. The summed E-state index contributed by atoms with van der Waals surface area (Å²) in [4.78, 5) is 0. The first-order chi connectivity index (χ1) is 4.71. The number of hydrogen-bond donors (Lipinski definition) is 2. The normalized spacial score (nSPS) is 11.8. The molecule has 0 amide bonds. The zero-order valence-electron chi connectivity index (χ0n) is 8.78. The van der Waals surface area contributed by atoms with Gasteiger partial charge in [-0.1, -0.05) is 39.3 Å². The minimum Gasteiger partial charge on any atom is -0.492 e. The topological polar surface area (TPSA) is 38.0 Å². The van der Waals surface area contributed by atoms with Crippen LogP contribution in [0.15, 0.2) is 0 Å². The lowest BCUT2D eigenvalue weighted by atomic mass is 11.8. The van der Waals surface area contributed by atoms with Gasteiger partial charge in [-0.2, -0.15) is 0 Å². The fourth-order valence-corrected chi connectivity index (χ4v) is 10.1. The van der Waals surface area contributed by atoms with Gasteiger partial charge in [-0.3, -0.25) is 0 Å². The average molecular weight is 202 g/mol. The molecule has 5 heteroatoms. The highest BCUT2D eigenvalue weighted by Crippen LogP contribution is 2.02. The molecule has 0 aliphatic rings. The van der Waals surface area contributed by atoms with E-state index < -0.39 is 16.5 Å². The minimum atomic E-state index is -0.981. The van der Waals surface area contributed by atoms with Gasteiger partial charge in [-0.25, -0.2) is 0 Å². The average Bonchev–Trinajstić information content (AvgIpc) is 1.60. The maximum absolute atomic E-state index is 4.53. The van der Waals surface area contributed by atoms with Gasteiger partial charge in [0.2, 0.25) is 0 Å². The van der Waals surface area contributed by atoms with E-state index in [1.54, 1.807) is 0 Å². The Kier molecular flexibility index (Phi) is 7.60. The Morgan fingerprint density at radius 3 is 1.00 bits per heavy atom. The number of rotatable bonds is 2. The van der Waals surface area contributed by atoms with Crippen LogP contribution in [0, 0.1) is 0 Å². The molecule has 0 unspecified atom stereocenters. The van der Waals surface area contributed by atoms with E-state index in [0.29, 0.717) is 0 Å². The molecule has 65 valence electrons. The predicted octanol–water partition coefficient (Wildman–Crippen LogP) is 1.27. The molecule has 0 rings (SSSR count). The predicted molar refractivity (Wildman–Crippen MR) is 59.8 cm³/mol. The van der Waals surface area contributed by atoms with Gasteiger partial charge in [0.25, 0.3) is 0 Å². The fraction of sp³-hybridized carbons (Fsp3) is 1.00. The van der Waals surface area contributed by atoms with Crippen molar-refractivity contribution >= 4 is 38.4 Å². The van der Waals surface area contributed by atoms with Crippen LogP contribution in [-0.4, -0.2) is 38.4 Å². The second-order valence-electron chi connectivity index (χ2n) is 4.62. The Morgan fingerprint density at radius 1 is 0.818 bits per heavy atom. The van der Waals surface area contributed by atoms with Gasteiger partial charge in [0.15, 0.2) is 0 Å². The third-order valence-corrected chi connectivity index (χ3v) is 6.75. The summed E-state index contributed by atoms with van der Waals surface area (Å²) in [5.74, 6) is 0. The van der Waals surface area contributed by atoms with E-state index in [0.717, 1.165) is 0 Å². The lowest BCUT2D eigenvalue weighted by molar-refractivity contribution is 1.30. The zero-order chi connectivity index (χ0) is 9.71. The summed E-state index contributed by atoms with van der Waals surface area (Å²) >= 11 is 1.36. The summed E-state index contributed by atoms with van der Waals surface area (Å²) in [5.41, 5.74) is 0. The van der Waals surface area contributed by atoms with Crippen molar-refractivity contribution in [2.45, 2.75) is 39.3 Å². The van der Waals surface area contributed by atoms with Crippen LogP contribution in [0.1, 0.15) is 0 Å². The van der Waals surface area contributed by atoms with E-state index in [1.165, 1.54) is 22.0 Å². The molecule has 0 bridgehead atoms. The molecule has 0 saturated heterocycles. The largest absolute Gasteiger partial charge is 0.492 e. The Labute approximate surface area is 86.3 Å². The maximum atomic E-state index is 4.53. The molecule has 2 nitrogen and oxygen atoms in total. The van der Waals surface area contributed by atoms with Crippen molar-refractivity contribution in [2.24, 2.45) is 4.06 Å². The minimum absolute atomic E-state index is 0.981. The van der Waals surface area contributed by atoms with E-state index in [2.05, 4.69) is 48.0 Å². The lowest BCUT2D eigenvalue weighted by Crippen LogP contribution is -2.55. The highest BCUT2D eigenvalue weighted by atomic mass is 28.4. The van der Waals surface area contributed by atoms with E-state index >= 15 is 0 Å². The Balaban J connectivity index is 0. The van der Waals surface area contributed by atoms with Gasteiger partial charge >= 0.3 is 22.0 Å². The number of nitrogens with one attached hydrogen (secondary N) is 1. The molecule has 11 heavy (non-hydrogen) atoms. The molecule has 3 N–H and O–H groups in total. The van der Waals surface area contributed by atoms with Crippen LogP contribution in [-0.2, 0) is 0 Å². The van der Waals surface area contributed by atoms with Crippen molar-refractivity contribution < 1.29 is 0 Å². The molecular formula is C6H21MgN2Si2. The molecule has 0 aliphatic carbocycles. The molecule has 1 radical (unpaired) electrons. The molecule has 0 aromatic carbocycles. The van der Waals surface area contributed by atoms with Crippen LogP contribution in [0.5, 0.6) is 0 Å². The number of nitrogens with two attached hydrogens (primary N) is 1. The number of hydrogen-bond acceptors (Lipinski definition) is 2. The summed E-state index contributed by atoms with van der Waals surface area (Å²) in [7, 11) is -1.96. The van der Waals surface area contributed by atoms with E-state index in [4.69, 9.17) is 0 Å². The van der Waals surface area contributed by atoms with Crippen LogP contribution in [0.2, 0.25) is 39.3 Å². The van der Waals surface area contributed by atoms with E-state index in [1.807, 2.05) is 0 Å². The second-order valence-corrected chi connectivity index (χ2v) is 14.6. The summed E-state index contributed by atoms with van der Waals surface area (Å²) in [5, 5.41) is 0. The third kappa shape index (κ3) is 18.2. The monoisotopic (exact) mass is 201 g/mol. The molecular weight excluding hydrogens is 181 g/mol. The molecule has 0 saturated carbocycles. The van der Waals surface area contributed by atoms with Crippen molar-refractivity contribution in [2.75, 3.05) is 0 Å². The van der Waals surface area contributed by atoms with Gasteiger partial charge in [0.05, 0.1) is 0 Å². The van der Waals surface area contributed by atoms with Crippen LogP contribution in [0.3, 0.4) is 0 Å². The van der Waals surface area contributed by atoms with Gasteiger partial charge < -0.3 is 8.71 Å². The van der Waals surface area contributed by atoms with Crippen molar-refractivity contribution in [1.82, 2.24) is 4.65 Å². The van der Waals surface area contributed by atoms with Gasteiger partial charge in [0.1, 0.15) is 16.5 Å². The Bertz CT molecular complexity index is 83.7. The van der Waals surface area contributed by atoms with Crippen molar-refractivity contribution in [3.05, 3.63) is 0 Å². The van der Waals surface area contributed by atoms with Crippen molar-refractivity contribution in [1.29, 1.82) is 0 Å². The molecule has 0 aromatic heterocycles. The SMILES string of the molecule is C[Si](C)(C)N[Si](C)(C)C.[NH2][Mg]. The summed E-state index contributed by atoms with van der Waals surface area (Å²) < 4.78 is 8.26. The summed E-state index contributed by atoms with van der Waals surface area (Å²) in [6, 6.07) is 0. The molecule has 0 aliphatic heterocycles. The third-order valence-electron chi connectivity index (χ3n) is 0.750. The fourth-order valence-electron chi connectivity index (χ4n) is 1.12. The van der Waals surface area contributed by atoms with Crippen LogP contribution < -0.4 is 8.71 Å². The molecule has 0 atom stereocenters. The first kappa shape index (κ1) is 14.6. The van der Waals surface area contributed by atoms with Crippen LogP contribution >= 0.6 is 0 Å². The Morgan fingerprint density at radius 2 is 1.00 bits per heavy atom. The highest BCUT2D eigenvalue weighted by molar-refractivity contribution is 6.90. The lowest BCUT2D eigenvalue weighted by Gasteiger charge is -2.28. The van der Waals surface area contributed by atoms with E-state index in [-0.39, 0.29) is 0 Å². The summed E-state index contributed by atoms with van der Waals surface area (Å²) in [6.07, 6.45) is 0. The second kappa shape index (κ2) is 5.71.